The molecule has 1 fully saturated rings. The van der Waals surface area contributed by atoms with Gasteiger partial charge in [-0.3, -0.25) is 9.59 Å². The maximum atomic E-state index is 12.4. The van der Waals surface area contributed by atoms with E-state index in [0.717, 1.165) is 0 Å². The lowest BCUT2D eigenvalue weighted by molar-refractivity contribution is -0.146. The van der Waals surface area contributed by atoms with Crippen molar-refractivity contribution >= 4 is 29.2 Å². The van der Waals surface area contributed by atoms with Gasteiger partial charge >= 0.3 is 5.97 Å². The van der Waals surface area contributed by atoms with Crippen LogP contribution in [0.4, 0.5) is 5.69 Å². The van der Waals surface area contributed by atoms with Crippen molar-refractivity contribution in [1.29, 1.82) is 0 Å². The molecule has 2 rings (SSSR count). The van der Waals surface area contributed by atoms with Gasteiger partial charge in [0.2, 0.25) is 0 Å². The lowest BCUT2D eigenvalue weighted by atomic mass is 9.96. The van der Waals surface area contributed by atoms with E-state index in [1.165, 1.54) is 7.11 Å². The molecule has 0 bridgehead atoms. The van der Waals surface area contributed by atoms with Gasteiger partial charge in [-0.2, -0.15) is 0 Å². The number of rotatable bonds is 2. The van der Waals surface area contributed by atoms with Crippen LogP contribution >= 0.6 is 11.6 Å². The number of nitrogens with two attached hydrogens (primary N) is 1. The van der Waals surface area contributed by atoms with E-state index in [2.05, 4.69) is 0 Å². The van der Waals surface area contributed by atoms with E-state index < -0.39 is 0 Å². The number of hydrogen-bond donors (Lipinski definition) is 1. The Labute approximate surface area is 122 Å². The van der Waals surface area contributed by atoms with Gasteiger partial charge < -0.3 is 15.4 Å². The standard InChI is InChI=1S/C14H17ClN2O3/c1-20-14(19)9-5-7-17(8-6-9)13(18)10-3-2-4-11(15)12(10)16/h2-4,9H,5-8,16H2,1H3. The number of carbonyl (C=O) groups excluding carboxylic acids is 2. The summed E-state index contributed by atoms with van der Waals surface area (Å²) in [5.74, 6) is -0.478. The Morgan fingerprint density at radius 1 is 1.35 bits per heavy atom. The number of amides is 1. The molecule has 1 saturated heterocycles. The van der Waals surface area contributed by atoms with E-state index in [1.54, 1.807) is 23.1 Å². The first kappa shape index (κ1) is 14.7. The summed E-state index contributed by atoms with van der Waals surface area (Å²) in [6, 6.07) is 5.01. The SMILES string of the molecule is COC(=O)C1CCN(C(=O)c2cccc(Cl)c2N)CC1. The average molecular weight is 297 g/mol. The van der Waals surface area contributed by atoms with Crippen LogP contribution in [-0.4, -0.2) is 37.0 Å². The van der Waals surface area contributed by atoms with Gasteiger partial charge in [0.05, 0.1) is 29.3 Å². The van der Waals surface area contributed by atoms with Crippen molar-refractivity contribution in [1.82, 2.24) is 4.90 Å². The smallest absolute Gasteiger partial charge is 0.308 e. The van der Waals surface area contributed by atoms with E-state index in [0.29, 0.717) is 42.2 Å². The Balaban J connectivity index is 2.05. The molecule has 1 aliphatic rings. The number of ether oxygens (including phenoxy) is 1. The summed E-state index contributed by atoms with van der Waals surface area (Å²) in [5, 5.41) is 0.375. The summed E-state index contributed by atoms with van der Waals surface area (Å²) >= 11 is 5.92. The minimum absolute atomic E-state index is 0.124. The third-order valence-electron chi connectivity index (χ3n) is 3.60. The summed E-state index contributed by atoms with van der Waals surface area (Å²) in [5.41, 5.74) is 6.55. The van der Waals surface area contributed by atoms with E-state index in [4.69, 9.17) is 22.1 Å². The number of carbonyl (C=O) groups is 2. The Bertz CT molecular complexity index is 525. The van der Waals surface area contributed by atoms with Crippen molar-refractivity contribution < 1.29 is 14.3 Å². The largest absolute Gasteiger partial charge is 0.469 e. The van der Waals surface area contributed by atoms with Crippen molar-refractivity contribution in [2.24, 2.45) is 5.92 Å². The molecule has 0 aliphatic carbocycles. The molecule has 2 N–H and O–H groups in total. The van der Waals surface area contributed by atoms with E-state index in [-0.39, 0.29) is 17.8 Å². The number of nitrogens with zero attached hydrogens (tertiary/aromatic N) is 1. The molecule has 1 heterocycles. The molecule has 1 amide bonds. The normalized spacial score (nSPS) is 16.0. The third-order valence-corrected chi connectivity index (χ3v) is 3.93. The molecule has 0 spiro atoms. The Morgan fingerprint density at radius 2 is 2.00 bits per heavy atom. The second-order valence-corrected chi connectivity index (χ2v) is 5.20. The maximum Gasteiger partial charge on any atom is 0.308 e. The van der Waals surface area contributed by atoms with Crippen LogP contribution in [-0.2, 0) is 9.53 Å². The first-order chi connectivity index (χ1) is 9.54. The monoisotopic (exact) mass is 296 g/mol. The minimum atomic E-state index is -0.209. The summed E-state index contributed by atoms with van der Waals surface area (Å²) < 4.78 is 4.73. The number of likely N-dealkylation sites (tertiary alicyclic amines) is 1. The number of esters is 1. The summed E-state index contributed by atoms with van der Waals surface area (Å²) in [7, 11) is 1.38. The lowest BCUT2D eigenvalue weighted by Gasteiger charge is -2.31. The molecule has 108 valence electrons. The first-order valence-corrected chi connectivity index (χ1v) is 6.83. The van der Waals surface area contributed by atoms with Crippen molar-refractivity contribution in [3.05, 3.63) is 28.8 Å². The van der Waals surface area contributed by atoms with Crippen LogP contribution < -0.4 is 5.73 Å². The molecular weight excluding hydrogens is 280 g/mol. The molecule has 0 atom stereocenters. The van der Waals surface area contributed by atoms with E-state index in [9.17, 15) is 9.59 Å². The first-order valence-electron chi connectivity index (χ1n) is 6.45. The molecule has 1 aromatic carbocycles. The molecule has 0 saturated carbocycles. The van der Waals surface area contributed by atoms with Gasteiger partial charge in [-0.05, 0) is 25.0 Å². The zero-order valence-corrected chi connectivity index (χ0v) is 12.0. The predicted octanol–water partition coefficient (Wildman–Crippen LogP) is 1.95. The quantitative estimate of drug-likeness (QED) is 0.669. The highest BCUT2D eigenvalue weighted by atomic mass is 35.5. The number of benzene rings is 1. The number of methoxy groups -OCH3 is 1. The molecule has 0 unspecified atom stereocenters. The average Bonchev–Trinajstić information content (AvgIpc) is 2.48. The Hall–Kier alpha value is -1.75. The number of para-hydroxylation sites is 1. The molecule has 1 aromatic rings. The molecule has 0 aromatic heterocycles. The van der Waals surface area contributed by atoms with Gasteiger partial charge in [0.25, 0.3) is 5.91 Å². The second-order valence-electron chi connectivity index (χ2n) is 4.79. The number of halogens is 1. The highest BCUT2D eigenvalue weighted by Gasteiger charge is 2.29. The summed E-state index contributed by atoms with van der Waals surface area (Å²) in [4.78, 5) is 25.5. The fraction of sp³-hybridized carbons (Fsp3) is 0.429. The topological polar surface area (TPSA) is 72.6 Å². The highest BCUT2D eigenvalue weighted by Crippen LogP contribution is 2.26. The molecule has 20 heavy (non-hydrogen) atoms. The summed E-state index contributed by atoms with van der Waals surface area (Å²) in [6.45, 7) is 1.04. The zero-order valence-electron chi connectivity index (χ0n) is 11.3. The Morgan fingerprint density at radius 3 is 2.60 bits per heavy atom. The van der Waals surface area contributed by atoms with Gasteiger partial charge in [0.15, 0.2) is 0 Å². The van der Waals surface area contributed by atoms with Crippen molar-refractivity contribution in [2.45, 2.75) is 12.8 Å². The van der Waals surface area contributed by atoms with E-state index >= 15 is 0 Å². The number of nitrogen functional groups attached to an aromatic ring is 1. The molecule has 6 heteroatoms. The maximum absolute atomic E-state index is 12.4. The van der Waals surface area contributed by atoms with Gasteiger partial charge in [-0.15, -0.1) is 0 Å². The Kier molecular flexibility index (Phi) is 4.49. The van der Waals surface area contributed by atoms with Gasteiger partial charge in [-0.1, -0.05) is 17.7 Å². The van der Waals surface area contributed by atoms with Gasteiger partial charge in [0.1, 0.15) is 0 Å². The van der Waals surface area contributed by atoms with Crippen LogP contribution in [0.5, 0.6) is 0 Å². The molecule has 0 radical (unpaired) electrons. The minimum Gasteiger partial charge on any atom is -0.469 e. The molecular formula is C14H17ClN2O3. The van der Waals surface area contributed by atoms with Crippen LogP contribution in [0.25, 0.3) is 0 Å². The third kappa shape index (κ3) is 2.88. The van der Waals surface area contributed by atoms with Crippen molar-refractivity contribution in [3.8, 4) is 0 Å². The fourth-order valence-electron chi connectivity index (χ4n) is 2.38. The number of hydrogen-bond acceptors (Lipinski definition) is 4. The zero-order chi connectivity index (χ0) is 14.7. The van der Waals surface area contributed by atoms with Crippen LogP contribution in [0, 0.1) is 5.92 Å². The van der Waals surface area contributed by atoms with E-state index in [1.807, 2.05) is 0 Å². The predicted molar refractivity (Wildman–Crippen MR) is 76.5 cm³/mol. The molecule has 1 aliphatic heterocycles. The molecule has 5 nitrogen and oxygen atoms in total. The van der Waals surface area contributed by atoms with Crippen molar-refractivity contribution in [2.75, 3.05) is 25.9 Å². The fourth-order valence-corrected chi connectivity index (χ4v) is 2.55. The van der Waals surface area contributed by atoms with Gasteiger partial charge in [0, 0.05) is 13.1 Å². The van der Waals surface area contributed by atoms with Crippen LogP contribution in [0.1, 0.15) is 23.2 Å². The number of anilines is 1. The summed E-state index contributed by atoms with van der Waals surface area (Å²) in [6.07, 6.45) is 1.22. The highest BCUT2D eigenvalue weighted by molar-refractivity contribution is 6.33. The van der Waals surface area contributed by atoms with Crippen molar-refractivity contribution in [3.63, 3.8) is 0 Å². The number of piperidine rings is 1. The second kappa shape index (κ2) is 6.13. The van der Waals surface area contributed by atoms with Crippen LogP contribution in [0.2, 0.25) is 5.02 Å². The van der Waals surface area contributed by atoms with Crippen LogP contribution in [0.15, 0.2) is 18.2 Å². The van der Waals surface area contributed by atoms with Gasteiger partial charge in [-0.25, -0.2) is 0 Å². The van der Waals surface area contributed by atoms with Crippen LogP contribution in [0.3, 0.4) is 0 Å². The lowest BCUT2D eigenvalue weighted by Crippen LogP contribution is -2.40.